The fourth-order valence-corrected chi connectivity index (χ4v) is 2.87. The third-order valence-corrected chi connectivity index (χ3v) is 4.66. The van der Waals surface area contributed by atoms with Crippen molar-refractivity contribution in [1.82, 2.24) is 5.32 Å². The summed E-state index contributed by atoms with van der Waals surface area (Å²) in [5.74, 6) is 0. The first-order valence-electron chi connectivity index (χ1n) is 7.07. The predicted octanol–water partition coefficient (Wildman–Crippen LogP) is 4.44. The lowest BCUT2D eigenvalue weighted by Crippen LogP contribution is -2.30. The Morgan fingerprint density at radius 1 is 1.00 bits per heavy atom. The van der Waals surface area contributed by atoms with E-state index in [9.17, 15) is 0 Å². The van der Waals surface area contributed by atoms with Gasteiger partial charge in [0.25, 0.3) is 0 Å². The minimum Gasteiger partial charge on any atom is -0.316 e. The van der Waals surface area contributed by atoms with E-state index < -0.39 is 0 Å². The van der Waals surface area contributed by atoms with Crippen molar-refractivity contribution in [3.63, 3.8) is 0 Å². The fourth-order valence-electron chi connectivity index (χ4n) is 2.42. The summed E-state index contributed by atoms with van der Waals surface area (Å²) in [6.07, 6.45) is 2.09. The molecular weight excluding hydrogens is 310 g/mol. The number of halogens is 1. The summed E-state index contributed by atoms with van der Waals surface area (Å²) in [6, 6.07) is 15.7. The van der Waals surface area contributed by atoms with E-state index >= 15 is 0 Å². The number of rotatable bonds is 5. The molecule has 2 aromatic carbocycles. The van der Waals surface area contributed by atoms with Crippen LogP contribution in [0.3, 0.4) is 0 Å². The van der Waals surface area contributed by atoms with Crippen molar-refractivity contribution < 1.29 is 0 Å². The number of hydrogen-bond donors (Lipinski definition) is 1. The highest BCUT2D eigenvalue weighted by molar-refractivity contribution is 9.10. The highest BCUT2D eigenvalue weighted by Crippen LogP contribution is 2.19. The van der Waals surface area contributed by atoms with Crippen LogP contribution in [0.2, 0.25) is 0 Å². The van der Waals surface area contributed by atoms with Gasteiger partial charge in [0.15, 0.2) is 0 Å². The van der Waals surface area contributed by atoms with Crippen LogP contribution in [0.25, 0.3) is 0 Å². The lowest BCUT2D eigenvalue weighted by Gasteiger charge is -2.18. The minimum atomic E-state index is 0.454. The van der Waals surface area contributed by atoms with Crippen LogP contribution in [-0.4, -0.2) is 13.1 Å². The second kappa shape index (κ2) is 7.05. The third kappa shape index (κ3) is 3.94. The lowest BCUT2D eigenvalue weighted by molar-refractivity contribution is 0.555. The van der Waals surface area contributed by atoms with E-state index in [1.54, 1.807) is 0 Å². The molecule has 0 aliphatic carbocycles. The Bertz CT molecular complexity index is 577. The fraction of sp³-hybridized carbons (Fsp3) is 0.333. The quantitative estimate of drug-likeness (QED) is 0.854. The summed E-state index contributed by atoms with van der Waals surface area (Å²) in [5, 5.41) is 3.44. The largest absolute Gasteiger partial charge is 0.316 e. The van der Waals surface area contributed by atoms with Crippen LogP contribution in [0, 0.1) is 13.8 Å². The zero-order valence-electron chi connectivity index (χ0n) is 12.4. The SMILES string of the molecule is CNC(Cc1ccc(C)c(C)c1)Cc1ccccc1Br. The standard InChI is InChI=1S/C18H22BrN/c1-13-8-9-15(10-14(13)2)11-17(20-3)12-16-6-4-5-7-18(16)19/h4-10,17,20H,11-12H2,1-3H3. The highest BCUT2D eigenvalue weighted by atomic mass is 79.9. The van der Waals surface area contributed by atoms with Crippen LogP contribution in [0.15, 0.2) is 46.9 Å². The molecule has 106 valence electrons. The molecule has 1 atom stereocenters. The van der Waals surface area contributed by atoms with Crippen molar-refractivity contribution in [3.8, 4) is 0 Å². The molecule has 1 N–H and O–H groups in total. The van der Waals surface area contributed by atoms with Gasteiger partial charge in [-0.3, -0.25) is 0 Å². The van der Waals surface area contributed by atoms with Crippen LogP contribution in [0.5, 0.6) is 0 Å². The molecule has 0 amide bonds. The molecule has 2 heteroatoms. The molecule has 0 radical (unpaired) electrons. The van der Waals surface area contributed by atoms with Gasteiger partial charge in [0, 0.05) is 10.5 Å². The van der Waals surface area contributed by atoms with E-state index in [4.69, 9.17) is 0 Å². The summed E-state index contributed by atoms with van der Waals surface area (Å²) in [4.78, 5) is 0. The van der Waals surface area contributed by atoms with E-state index in [0.29, 0.717) is 6.04 Å². The molecule has 0 bridgehead atoms. The summed E-state index contributed by atoms with van der Waals surface area (Å²) >= 11 is 3.63. The normalized spacial score (nSPS) is 12.4. The molecule has 0 aliphatic heterocycles. The van der Waals surface area contributed by atoms with Gasteiger partial charge in [-0.05, 0) is 62.1 Å². The molecule has 0 spiro atoms. The van der Waals surface area contributed by atoms with Gasteiger partial charge in [0.05, 0.1) is 0 Å². The van der Waals surface area contributed by atoms with E-state index in [1.807, 2.05) is 7.05 Å². The Labute approximate surface area is 130 Å². The molecule has 2 aromatic rings. The average Bonchev–Trinajstić information content (AvgIpc) is 2.44. The van der Waals surface area contributed by atoms with Crippen molar-refractivity contribution in [3.05, 3.63) is 69.2 Å². The predicted molar refractivity (Wildman–Crippen MR) is 90.3 cm³/mol. The van der Waals surface area contributed by atoms with Gasteiger partial charge in [-0.15, -0.1) is 0 Å². The molecule has 1 nitrogen and oxygen atoms in total. The molecule has 0 aromatic heterocycles. The Hall–Kier alpha value is -1.12. The number of aryl methyl sites for hydroxylation is 2. The molecule has 0 aliphatic rings. The van der Waals surface area contributed by atoms with Crippen LogP contribution < -0.4 is 5.32 Å². The maximum atomic E-state index is 3.63. The topological polar surface area (TPSA) is 12.0 Å². The number of benzene rings is 2. The zero-order chi connectivity index (χ0) is 14.5. The van der Waals surface area contributed by atoms with E-state index in [1.165, 1.54) is 26.7 Å². The van der Waals surface area contributed by atoms with E-state index in [2.05, 4.69) is 77.6 Å². The van der Waals surface area contributed by atoms with Gasteiger partial charge in [-0.2, -0.15) is 0 Å². The van der Waals surface area contributed by atoms with Crippen LogP contribution in [-0.2, 0) is 12.8 Å². The summed E-state index contributed by atoms with van der Waals surface area (Å²) in [7, 11) is 2.04. The molecule has 0 saturated carbocycles. The van der Waals surface area contributed by atoms with Crippen molar-refractivity contribution >= 4 is 15.9 Å². The molecule has 0 heterocycles. The first kappa shape index (κ1) is 15.3. The molecule has 0 fully saturated rings. The Balaban J connectivity index is 2.09. The molecule has 0 saturated heterocycles. The van der Waals surface area contributed by atoms with Gasteiger partial charge in [-0.1, -0.05) is 52.3 Å². The maximum Gasteiger partial charge on any atom is 0.0207 e. The first-order chi connectivity index (χ1) is 9.60. The summed E-state index contributed by atoms with van der Waals surface area (Å²) in [6.45, 7) is 4.34. The number of likely N-dealkylation sites (N-methyl/N-ethyl adjacent to an activating group) is 1. The van der Waals surface area contributed by atoms with Gasteiger partial charge in [0.1, 0.15) is 0 Å². The van der Waals surface area contributed by atoms with Crippen LogP contribution in [0.1, 0.15) is 22.3 Å². The van der Waals surface area contributed by atoms with Crippen molar-refractivity contribution in [2.45, 2.75) is 32.7 Å². The van der Waals surface area contributed by atoms with Gasteiger partial charge >= 0.3 is 0 Å². The Kier molecular flexibility index (Phi) is 5.38. The number of hydrogen-bond acceptors (Lipinski definition) is 1. The Morgan fingerprint density at radius 3 is 2.40 bits per heavy atom. The maximum absolute atomic E-state index is 3.63. The zero-order valence-corrected chi connectivity index (χ0v) is 14.0. The molecule has 20 heavy (non-hydrogen) atoms. The van der Waals surface area contributed by atoms with Crippen LogP contribution in [0.4, 0.5) is 0 Å². The molecule has 2 rings (SSSR count). The van der Waals surface area contributed by atoms with E-state index in [-0.39, 0.29) is 0 Å². The molecular formula is C18H22BrN. The van der Waals surface area contributed by atoms with Crippen molar-refractivity contribution in [1.29, 1.82) is 0 Å². The van der Waals surface area contributed by atoms with Crippen LogP contribution >= 0.6 is 15.9 Å². The lowest BCUT2D eigenvalue weighted by atomic mass is 9.97. The van der Waals surface area contributed by atoms with Gasteiger partial charge in [0.2, 0.25) is 0 Å². The Morgan fingerprint density at radius 2 is 1.75 bits per heavy atom. The second-order valence-electron chi connectivity index (χ2n) is 5.40. The molecule has 1 unspecified atom stereocenters. The summed E-state index contributed by atoms with van der Waals surface area (Å²) < 4.78 is 1.19. The second-order valence-corrected chi connectivity index (χ2v) is 6.26. The van der Waals surface area contributed by atoms with E-state index in [0.717, 1.165) is 12.8 Å². The monoisotopic (exact) mass is 331 g/mol. The first-order valence-corrected chi connectivity index (χ1v) is 7.86. The highest BCUT2D eigenvalue weighted by Gasteiger charge is 2.10. The smallest absolute Gasteiger partial charge is 0.0207 e. The number of nitrogens with one attached hydrogen (secondary N) is 1. The minimum absolute atomic E-state index is 0.454. The average molecular weight is 332 g/mol. The third-order valence-electron chi connectivity index (χ3n) is 3.89. The van der Waals surface area contributed by atoms with Gasteiger partial charge < -0.3 is 5.32 Å². The van der Waals surface area contributed by atoms with Gasteiger partial charge in [-0.25, -0.2) is 0 Å². The summed E-state index contributed by atoms with van der Waals surface area (Å²) in [5.41, 5.74) is 5.49. The van der Waals surface area contributed by atoms with Crippen molar-refractivity contribution in [2.75, 3.05) is 7.05 Å². The van der Waals surface area contributed by atoms with Crippen molar-refractivity contribution in [2.24, 2.45) is 0 Å².